The molecule has 0 bridgehead atoms. The van der Waals surface area contributed by atoms with E-state index in [1.807, 2.05) is 18.2 Å². The topological polar surface area (TPSA) is 72.5 Å². The van der Waals surface area contributed by atoms with Crippen LogP contribution in [0.25, 0.3) is 0 Å². The maximum Gasteiger partial charge on any atom is 0.271 e. The van der Waals surface area contributed by atoms with Crippen LogP contribution in [0.4, 0.5) is 15.2 Å². The lowest BCUT2D eigenvalue weighted by Crippen LogP contribution is -2.23. The highest BCUT2D eigenvalue weighted by Gasteiger charge is 2.15. The normalized spacial score (nSPS) is 12.0. The summed E-state index contributed by atoms with van der Waals surface area (Å²) in [7, 11) is 0. The van der Waals surface area contributed by atoms with Crippen LogP contribution in [0.1, 0.15) is 16.1 Å². The van der Waals surface area contributed by atoms with E-state index in [1.54, 1.807) is 17.5 Å². The number of fused-ring (bicyclic) bond motifs is 1. The van der Waals surface area contributed by atoms with E-state index in [1.165, 1.54) is 23.5 Å². The number of nitrogens with zero attached hydrogens (tertiary/aromatic N) is 1. The zero-order valence-corrected chi connectivity index (χ0v) is 14.3. The van der Waals surface area contributed by atoms with E-state index in [-0.39, 0.29) is 18.5 Å². The van der Waals surface area contributed by atoms with Crippen LogP contribution in [0, 0.1) is 5.82 Å². The number of carbonyl (C=O) groups excluding carboxylic acids is 1. The van der Waals surface area contributed by atoms with Gasteiger partial charge in [-0.25, -0.2) is 9.37 Å². The number of aromatic nitrogens is 1. The van der Waals surface area contributed by atoms with Gasteiger partial charge in [-0.15, -0.1) is 11.3 Å². The Morgan fingerprint density at radius 1 is 1.15 bits per heavy atom. The summed E-state index contributed by atoms with van der Waals surface area (Å²) in [5.74, 6) is 0.780. The molecule has 1 aliphatic heterocycles. The molecule has 1 amide bonds. The molecule has 1 aromatic heterocycles. The second kappa shape index (κ2) is 7.01. The molecule has 3 aromatic rings. The van der Waals surface area contributed by atoms with Crippen molar-refractivity contribution < 1.29 is 18.7 Å². The van der Waals surface area contributed by atoms with Crippen molar-refractivity contribution in [2.75, 3.05) is 12.1 Å². The van der Waals surface area contributed by atoms with Crippen molar-refractivity contribution in [2.24, 2.45) is 0 Å². The number of ether oxygens (including phenoxy) is 2. The lowest BCUT2D eigenvalue weighted by molar-refractivity contribution is 0.0946. The molecular weight excluding hydrogens is 357 g/mol. The van der Waals surface area contributed by atoms with Crippen LogP contribution in [0.15, 0.2) is 47.8 Å². The second-order valence-electron chi connectivity index (χ2n) is 5.54. The number of amides is 1. The summed E-state index contributed by atoms with van der Waals surface area (Å²) >= 11 is 1.32. The van der Waals surface area contributed by atoms with Crippen molar-refractivity contribution in [3.8, 4) is 11.5 Å². The molecule has 0 unspecified atom stereocenters. The highest BCUT2D eigenvalue weighted by molar-refractivity contribution is 7.14. The van der Waals surface area contributed by atoms with Gasteiger partial charge in [0.05, 0.1) is 0 Å². The van der Waals surface area contributed by atoms with Gasteiger partial charge in [-0.2, -0.15) is 0 Å². The molecule has 0 spiro atoms. The fraction of sp³-hybridized carbons (Fsp3) is 0.111. The van der Waals surface area contributed by atoms with Gasteiger partial charge in [-0.05, 0) is 29.8 Å². The van der Waals surface area contributed by atoms with Crippen molar-refractivity contribution in [1.29, 1.82) is 0 Å². The standard InChI is InChI=1S/C18H14FN3O3S/c19-12-3-1-11(2-4-12)8-20-17(23)14-9-26-18(22-14)21-13-5-6-15-16(7-13)25-10-24-15/h1-7,9H,8,10H2,(H,20,23)(H,21,22). The minimum absolute atomic E-state index is 0.217. The molecule has 0 aliphatic carbocycles. The second-order valence-corrected chi connectivity index (χ2v) is 6.40. The van der Waals surface area contributed by atoms with Crippen LogP contribution < -0.4 is 20.1 Å². The molecule has 2 N–H and O–H groups in total. The van der Waals surface area contributed by atoms with Crippen molar-refractivity contribution in [1.82, 2.24) is 10.3 Å². The first-order valence-corrected chi connectivity index (χ1v) is 8.70. The third kappa shape index (κ3) is 3.60. The summed E-state index contributed by atoms with van der Waals surface area (Å²) < 4.78 is 23.5. The molecular formula is C18H14FN3O3S. The smallest absolute Gasteiger partial charge is 0.271 e. The quantitative estimate of drug-likeness (QED) is 0.716. The largest absolute Gasteiger partial charge is 0.454 e. The van der Waals surface area contributed by atoms with E-state index in [0.29, 0.717) is 28.9 Å². The maximum absolute atomic E-state index is 12.9. The van der Waals surface area contributed by atoms with Gasteiger partial charge in [0.15, 0.2) is 16.6 Å². The molecule has 0 atom stereocenters. The predicted molar refractivity (Wildman–Crippen MR) is 95.5 cm³/mol. The van der Waals surface area contributed by atoms with E-state index in [9.17, 15) is 9.18 Å². The van der Waals surface area contributed by atoms with E-state index >= 15 is 0 Å². The van der Waals surface area contributed by atoms with Gasteiger partial charge in [-0.3, -0.25) is 4.79 Å². The number of hydrogen-bond acceptors (Lipinski definition) is 6. The van der Waals surface area contributed by atoms with E-state index in [4.69, 9.17) is 9.47 Å². The van der Waals surface area contributed by atoms with Crippen molar-refractivity contribution in [3.05, 3.63) is 64.9 Å². The number of benzene rings is 2. The van der Waals surface area contributed by atoms with Crippen molar-refractivity contribution in [3.63, 3.8) is 0 Å². The number of rotatable bonds is 5. The summed E-state index contributed by atoms with van der Waals surface area (Å²) in [6.45, 7) is 0.524. The van der Waals surface area contributed by atoms with Crippen LogP contribution in [0.2, 0.25) is 0 Å². The average Bonchev–Trinajstić information content (AvgIpc) is 3.30. The van der Waals surface area contributed by atoms with Gasteiger partial charge >= 0.3 is 0 Å². The van der Waals surface area contributed by atoms with Gasteiger partial charge in [0, 0.05) is 23.7 Å². The molecule has 2 aromatic carbocycles. The zero-order valence-electron chi connectivity index (χ0n) is 13.5. The fourth-order valence-electron chi connectivity index (χ4n) is 2.41. The van der Waals surface area contributed by atoms with Crippen molar-refractivity contribution >= 4 is 28.1 Å². The van der Waals surface area contributed by atoms with Crippen LogP contribution in [-0.2, 0) is 6.54 Å². The third-order valence-corrected chi connectivity index (χ3v) is 4.48. The van der Waals surface area contributed by atoms with E-state index in [0.717, 1.165) is 11.3 Å². The zero-order chi connectivity index (χ0) is 17.9. The average molecular weight is 371 g/mol. The Kier molecular flexibility index (Phi) is 4.40. The molecule has 0 fully saturated rings. The number of anilines is 2. The van der Waals surface area contributed by atoms with Gasteiger partial charge in [0.2, 0.25) is 6.79 Å². The Hall–Kier alpha value is -3.13. The fourth-order valence-corrected chi connectivity index (χ4v) is 3.12. The van der Waals surface area contributed by atoms with Gasteiger partial charge < -0.3 is 20.1 Å². The summed E-state index contributed by atoms with van der Waals surface area (Å²) in [5.41, 5.74) is 1.93. The molecule has 4 rings (SSSR count). The van der Waals surface area contributed by atoms with Crippen LogP contribution in [-0.4, -0.2) is 17.7 Å². The summed E-state index contributed by atoms with van der Waals surface area (Å²) in [5, 5.41) is 8.17. The minimum Gasteiger partial charge on any atom is -0.454 e. The molecule has 132 valence electrons. The first-order valence-electron chi connectivity index (χ1n) is 7.82. The summed E-state index contributed by atoms with van der Waals surface area (Å²) in [6, 6.07) is 11.5. The summed E-state index contributed by atoms with van der Waals surface area (Å²) in [4.78, 5) is 16.5. The summed E-state index contributed by atoms with van der Waals surface area (Å²) in [6.07, 6.45) is 0. The maximum atomic E-state index is 12.9. The van der Waals surface area contributed by atoms with Gasteiger partial charge in [0.25, 0.3) is 5.91 Å². The Bertz CT molecular complexity index is 943. The molecule has 6 nitrogen and oxygen atoms in total. The molecule has 0 saturated carbocycles. The molecule has 26 heavy (non-hydrogen) atoms. The first kappa shape index (κ1) is 16.3. The lowest BCUT2D eigenvalue weighted by atomic mass is 10.2. The van der Waals surface area contributed by atoms with E-state index < -0.39 is 0 Å². The SMILES string of the molecule is O=C(NCc1ccc(F)cc1)c1csc(Nc2ccc3c(c2)OCO3)n1. The van der Waals surface area contributed by atoms with Crippen LogP contribution in [0.3, 0.4) is 0 Å². The Labute approximate surface area is 152 Å². The Morgan fingerprint density at radius 3 is 2.81 bits per heavy atom. The number of nitrogens with one attached hydrogen (secondary N) is 2. The minimum atomic E-state index is -0.307. The van der Waals surface area contributed by atoms with Crippen LogP contribution >= 0.6 is 11.3 Å². The van der Waals surface area contributed by atoms with Gasteiger partial charge in [0.1, 0.15) is 11.5 Å². The molecule has 0 saturated heterocycles. The number of hydrogen-bond donors (Lipinski definition) is 2. The number of thiazole rings is 1. The first-order chi connectivity index (χ1) is 12.7. The molecule has 2 heterocycles. The van der Waals surface area contributed by atoms with E-state index in [2.05, 4.69) is 15.6 Å². The monoisotopic (exact) mass is 371 g/mol. The molecule has 1 aliphatic rings. The highest BCUT2D eigenvalue weighted by Crippen LogP contribution is 2.35. The molecule has 0 radical (unpaired) electrons. The predicted octanol–water partition coefficient (Wildman–Crippen LogP) is 3.68. The Morgan fingerprint density at radius 2 is 1.96 bits per heavy atom. The highest BCUT2D eigenvalue weighted by atomic mass is 32.1. The number of carbonyl (C=O) groups is 1. The third-order valence-electron chi connectivity index (χ3n) is 3.73. The Balaban J connectivity index is 1.37. The van der Waals surface area contributed by atoms with Crippen LogP contribution in [0.5, 0.6) is 11.5 Å². The number of halogens is 1. The van der Waals surface area contributed by atoms with Crippen molar-refractivity contribution in [2.45, 2.75) is 6.54 Å². The lowest BCUT2D eigenvalue weighted by Gasteiger charge is -2.04. The van der Waals surface area contributed by atoms with Gasteiger partial charge in [-0.1, -0.05) is 12.1 Å². The molecule has 8 heteroatoms.